The van der Waals surface area contributed by atoms with E-state index in [0.29, 0.717) is 6.54 Å². The Bertz CT molecular complexity index is 1010. The fourth-order valence-electron chi connectivity index (χ4n) is 4.27. The highest BCUT2D eigenvalue weighted by molar-refractivity contribution is 6.02. The van der Waals surface area contributed by atoms with E-state index < -0.39 is 0 Å². The predicted octanol–water partition coefficient (Wildman–Crippen LogP) is 4.03. The van der Waals surface area contributed by atoms with Gasteiger partial charge < -0.3 is 9.80 Å². The van der Waals surface area contributed by atoms with E-state index in [0.717, 1.165) is 48.3 Å². The van der Waals surface area contributed by atoms with Gasteiger partial charge in [0.1, 0.15) is 5.82 Å². The zero-order chi connectivity index (χ0) is 18.2. The van der Waals surface area contributed by atoms with Gasteiger partial charge in [-0.3, -0.25) is 4.79 Å². The Morgan fingerprint density at radius 1 is 0.889 bits per heavy atom. The lowest BCUT2D eigenvalue weighted by Crippen LogP contribution is -2.37. The van der Waals surface area contributed by atoms with Gasteiger partial charge in [0, 0.05) is 31.6 Å². The molecule has 3 aromatic rings. The van der Waals surface area contributed by atoms with Crippen molar-refractivity contribution < 1.29 is 4.79 Å². The van der Waals surface area contributed by atoms with Gasteiger partial charge in [-0.05, 0) is 42.5 Å². The Morgan fingerprint density at radius 3 is 2.48 bits per heavy atom. The Labute approximate surface area is 159 Å². The normalized spacial score (nSPS) is 16.6. The Hall–Kier alpha value is -2.88. The van der Waals surface area contributed by atoms with E-state index in [4.69, 9.17) is 4.98 Å². The number of carbonyl (C=O) groups is 1. The molecule has 4 heteroatoms. The minimum absolute atomic E-state index is 0.102. The summed E-state index contributed by atoms with van der Waals surface area (Å²) in [5.74, 6) is 0.958. The highest BCUT2D eigenvalue weighted by Gasteiger charge is 2.27. The minimum atomic E-state index is 0.102. The van der Waals surface area contributed by atoms with Crippen LogP contribution < -0.4 is 4.90 Å². The molecule has 1 saturated heterocycles. The van der Waals surface area contributed by atoms with Gasteiger partial charge in [0.2, 0.25) is 0 Å². The van der Waals surface area contributed by atoms with Crippen LogP contribution in [0, 0.1) is 0 Å². The number of pyridine rings is 1. The number of fused-ring (bicyclic) bond motifs is 2. The van der Waals surface area contributed by atoms with Gasteiger partial charge in [-0.2, -0.15) is 0 Å². The first-order valence-corrected chi connectivity index (χ1v) is 9.80. The van der Waals surface area contributed by atoms with Crippen molar-refractivity contribution in [3.63, 3.8) is 0 Å². The van der Waals surface area contributed by atoms with Crippen molar-refractivity contribution >= 4 is 22.6 Å². The van der Waals surface area contributed by atoms with Crippen LogP contribution in [-0.4, -0.2) is 35.4 Å². The summed E-state index contributed by atoms with van der Waals surface area (Å²) in [6.07, 6.45) is 3.25. The largest absolute Gasteiger partial charge is 0.356 e. The van der Waals surface area contributed by atoms with Crippen molar-refractivity contribution in [2.24, 2.45) is 0 Å². The third-order valence-corrected chi connectivity index (χ3v) is 5.76. The van der Waals surface area contributed by atoms with Crippen molar-refractivity contribution in [1.82, 2.24) is 9.88 Å². The summed E-state index contributed by atoms with van der Waals surface area (Å²) in [5.41, 5.74) is 4.32. The zero-order valence-corrected chi connectivity index (χ0v) is 15.4. The molecule has 0 unspecified atom stereocenters. The van der Waals surface area contributed by atoms with Gasteiger partial charge in [-0.15, -0.1) is 0 Å². The fraction of sp³-hybridized carbons (Fsp3) is 0.304. The topological polar surface area (TPSA) is 36.4 Å². The Kier molecular flexibility index (Phi) is 4.04. The molecule has 1 fully saturated rings. The van der Waals surface area contributed by atoms with Crippen LogP contribution in [0.4, 0.5) is 5.82 Å². The number of para-hydroxylation sites is 1. The highest BCUT2D eigenvalue weighted by Crippen LogP contribution is 2.29. The molecule has 2 aliphatic heterocycles. The van der Waals surface area contributed by atoms with Gasteiger partial charge in [0.05, 0.1) is 11.1 Å². The molecule has 2 aliphatic rings. The molecule has 2 aromatic carbocycles. The van der Waals surface area contributed by atoms with Crippen LogP contribution in [0.15, 0.2) is 54.6 Å². The molecule has 4 nitrogen and oxygen atoms in total. The predicted molar refractivity (Wildman–Crippen MR) is 108 cm³/mol. The summed E-state index contributed by atoms with van der Waals surface area (Å²) in [6, 6.07) is 18.6. The van der Waals surface area contributed by atoms with Gasteiger partial charge in [0.15, 0.2) is 0 Å². The van der Waals surface area contributed by atoms with E-state index in [1.165, 1.54) is 24.0 Å². The van der Waals surface area contributed by atoms with Crippen LogP contribution in [0.25, 0.3) is 10.9 Å². The van der Waals surface area contributed by atoms with Crippen molar-refractivity contribution in [1.29, 1.82) is 0 Å². The van der Waals surface area contributed by atoms with Gasteiger partial charge in [-0.25, -0.2) is 4.98 Å². The number of carbonyl (C=O) groups excluding carboxylic acids is 1. The first-order valence-electron chi connectivity index (χ1n) is 9.80. The summed E-state index contributed by atoms with van der Waals surface area (Å²) in [5, 5.41) is 1.03. The third kappa shape index (κ3) is 2.95. The van der Waals surface area contributed by atoms with Crippen LogP contribution in [0.5, 0.6) is 0 Å². The number of anilines is 1. The van der Waals surface area contributed by atoms with Gasteiger partial charge in [0.25, 0.3) is 5.91 Å². The Morgan fingerprint density at radius 2 is 1.63 bits per heavy atom. The molecule has 0 N–H and O–H groups in total. The second kappa shape index (κ2) is 6.69. The smallest absolute Gasteiger partial charge is 0.257 e. The number of amides is 1. The Balaban J connectivity index is 1.55. The number of rotatable bonds is 2. The second-order valence-corrected chi connectivity index (χ2v) is 7.49. The maximum atomic E-state index is 13.5. The molecular weight excluding hydrogens is 334 g/mol. The molecule has 0 atom stereocenters. The van der Waals surface area contributed by atoms with Gasteiger partial charge in [-0.1, -0.05) is 42.5 Å². The van der Waals surface area contributed by atoms with Crippen LogP contribution in [0.3, 0.4) is 0 Å². The number of nitrogens with zero attached hydrogens (tertiary/aromatic N) is 3. The standard InChI is InChI=1S/C23H23N3O/c27-23(26-14-11-17-7-1-2-9-19(17)16-26)20-15-18-8-3-4-10-21(18)24-22(20)25-12-5-6-13-25/h1-4,7-10,15H,5-6,11-14,16H2. The number of hydrogen-bond donors (Lipinski definition) is 0. The number of benzene rings is 2. The van der Waals surface area contributed by atoms with E-state index >= 15 is 0 Å². The van der Waals surface area contributed by atoms with E-state index in [1.807, 2.05) is 35.2 Å². The van der Waals surface area contributed by atoms with Crippen molar-refractivity contribution in [3.05, 3.63) is 71.3 Å². The van der Waals surface area contributed by atoms with Gasteiger partial charge >= 0.3 is 0 Å². The molecular formula is C23H23N3O. The molecule has 0 saturated carbocycles. The first-order chi connectivity index (χ1) is 13.3. The van der Waals surface area contributed by atoms with Crippen molar-refractivity contribution in [3.8, 4) is 0 Å². The monoisotopic (exact) mass is 357 g/mol. The van der Waals surface area contributed by atoms with Crippen LogP contribution >= 0.6 is 0 Å². The minimum Gasteiger partial charge on any atom is -0.356 e. The SMILES string of the molecule is O=C(c1cc2ccccc2nc1N1CCCC1)N1CCc2ccccc2C1. The van der Waals surface area contributed by atoms with E-state index in [9.17, 15) is 4.79 Å². The zero-order valence-electron chi connectivity index (χ0n) is 15.4. The molecule has 0 bridgehead atoms. The van der Waals surface area contributed by atoms with Crippen LogP contribution in [0.2, 0.25) is 0 Å². The first kappa shape index (κ1) is 16.3. The summed E-state index contributed by atoms with van der Waals surface area (Å²) in [7, 11) is 0. The summed E-state index contributed by atoms with van der Waals surface area (Å²) < 4.78 is 0. The molecule has 136 valence electrons. The molecule has 0 radical (unpaired) electrons. The number of hydrogen-bond acceptors (Lipinski definition) is 3. The van der Waals surface area contributed by atoms with Crippen molar-refractivity contribution in [2.75, 3.05) is 24.5 Å². The molecule has 0 spiro atoms. The quantitative estimate of drug-likeness (QED) is 0.695. The number of aromatic nitrogens is 1. The molecule has 27 heavy (non-hydrogen) atoms. The summed E-state index contributed by atoms with van der Waals surface area (Å²) >= 11 is 0. The van der Waals surface area contributed by atoms with Crippen molar-refractivity contribution in [2.45, 2.75) is 25.8 Å². The summed E-state index contributed by atoms with van der Waals surface area (Å²) in [6.45, 7) is 3.41. The van der Waals surface area contributed by atoms with E-state index in [2.05, 4.69) is 29.2 Å². The maximum Gasteiger partial charge on any atom is 0.257 e. The fourth-order valence-corrected chi connectivity index (χ4v) is 4.27. The highest BCUT2D eigenvalue weighted by atomic mass is 16.2. The summed E-state index contributed by atoms with van der Waals surface area (Å²) in [4.78, 5) is 22.6. The van der Waals surface area contributed by atoms with Crippen LogP contribution in [0.1, 0.15) is 34.3 Å². The van der Waals surface area contributed by atoms with E-state index in [1.54, 1.807) is 0 Å². The molecule has 1 aromatic heterocycles. The molecule has 5 rings (SSSR count). The third-order valence-electron chi connectivity index (χ3n) is 5.76. The van der Waals surface area contributed by atoms with E-state index in [-0.39, 0.29) is 5.91 Å². The molecule has 3 heterocycles. The van der Waals surface area contributed by atoms with Crippen LogP contribution in [-0.2, 0) is 13.0 Å². The lowest BCUT2D eigenvalue weighted by atomic mass is 9.99. The molecule has 0 aliphatic carbocycles. The average molecular weight is 357 g/mol. The lowest BCUT2D eigenvalue weighted by Gasteiger charge is -2.30. The second-order valence-electron chi connectivity index (χ2n) is 7.49. The maximum absolute atomic E-state index is 13.5. The lowest BCUT2D eigenvalue weighted by molar-refractivity contribution is 0.0735. The average Bonchev–Trinajstić information content (AvgIpc) is 3.26. The molecule has 1 amide bonds.